The highest BCUT2D eigenvalue weighted by Gasteiger charge is 2.33. The molecule has 3 rings (SSSR count). The molecule has 1 aliphatic rings. The number of thioether (sulfide) groups is 1. The average Bonchev–Trinajstić information content (AvgIpc) is 2.79. The largest absolute Gasteiger partial charge is 0.495 e. The molecule has 1 amide bonds. The van der Waals surface area contributed by atoms with Gasteiger partial charge in [0.1, 0.15) is 17.2 Å². The van der Waals surface area contributed by atoms with Gasteiger partial charge in [0, 0.05) is 30.9 Å². The van der Waals surface area contributed by atoms with Crippen molar-refractivity contribution in [3.8, 4) is 5.75 Å². The highest BCUT2D eigenvalue weighted by atomic mass is 32.2. The number of nitrogens with zero attached hydrogens (tertiary/aromatic N) is 3. The first-order valence-corrected chi connectivity index (χ1v) is 12.2. The number of carbonyl (C=O) groups excluding carboxylic acids is 1. The van der Waals surface area contributed by atoms with E-state index in [1.54, 1.807) is 24.3 Å². The molecule has 11 heteroatoms. The summed E-state index contributed by atoms with van der Waals surface area (Å²) in [5.74, 6) is 0.950. The summed E-state index contributed by atoms with van der Waals surface area (Å²) in [6.45, 7) is 5.77. The Labute approximate surface area is 202 Å². The van der Waals surface area contributed by atoms with Gasteiger partial charge in [-0.1, -0.05) is 23.9 Å². The van der Waals surface area contributed by atoms with Crippen LogP contribution in [0.3, 0.4) is 0 Å². The zero-order chi connectivity index (χ0) is 24.9. The third-order valence-electron chi connectivity index (χ3n) is 5.14. The topological polar surface area (TPSA) is 88.6 Å². The van der Waals surface area contributed by atoms with Crippen LogP contribution in [0.15, 0.2) is 29.6 Å². The number of anilines is 2. The van der Waals surface area contributed by atoms with Gasteiger partial charge in [-0.15, -0.1) is 0 Å². The first kappa shape index (κ1) is 26.0. The van der Waals surface area contributed by atoms with Gasteiger partial charge in [0.15, 0.2) is 5.16 Å². The molecule has 0 saturated carbocycles. The van der Waals surface area contributed by atoms with Crippen LogP contribution in [0.2, 0.25) is 0 Å². The van der Waals surface area contributed by atoms with Crippen molar-refractivity contribution in [2.75, 3.05) is 36.7 Å². The van der Waals surface area contributed by atoms with Crippen LogP contribution in [0, 0.1) is 0 Å². The van der Waals surface area contributed by atoms with E-state index < -0.39 is 24.7 Å². The molecular weight excluding hydrogens is 464 g/mol. The van der Waals surface area contributed by atoms with Crippen molar-refractivity contribution in [2.24, 2.45) is 0 Å². The summed E-state index contributed by atoms with van der Waals surface area (Å²) in [4.78, 5) is 23.1. The van der Waals surface area contributed by atoms with Crippen molar-refractivity contribution in [1.82, 2.24) is 15.3 Å². The lowest BCUT2D eigenvalue weighted by molar-refractivity contribution is 0.0574. The van der Waals surface area contributed by atoms with Gasteiger partial charge in [0.2, 0.25) is 0 Å². The summed E-state index contributed by atoms with van der Waals surface area (Å²) in [6.07, 6.45) is 1.17. The van der Waals surface area contributed by atoms with Crippen LogP contribution >= 0.6 is 11.8 Å². The second-order valence-corrected chi connectivity index (χ2v) is 9.53. The van der Waals surface area contributed by atoms with Gasteiger partial charge in [-0.05, 0) is 45.1 Å². The summed E-state index contributed by atoms with van der Waals surface area (Å²) in [5, 5.41) is 6.68. The van der Waals surface area contributed by atoms with E-state index in [0.717, 1.165) is 5.56 Å². The van der Waals surface area contributed by atoms with Gasteiger partial charge in [-0.25, -0.2) is 23.5 Å². The molecular formula is C23H31F2N5O3S. The highest BCUT2D eigenvalue weighted by Crippen LogP contribution is 2.41. The number of aromatic nitrogens is 2. The second-order valence-electron chi connectivity index (χ2n) is 8.75. The fourth-order valence-electron chi connectivity index (χ4n) is 3.69. The first-order chi connectivity index (χ1) is 16.1. The van der Waals surface area contributed by atoms with E-state index in [2.05, 4.69) is 20.6 Å². The minimum absolute atomic E-state index is 0.105. The molecule has 0 spiro atoms. The number of ether oxygens (including phenoxy) is 2. The SMILES string of the molecule is COc1cccc2c1N(C(=O)OC(C)(C)C)CCC2NCc1cnc(SC)nc1NCC(F)F. The number of benzene rings is 1. The van der Waals surface area contributed by atoms with Gasteiger partial charge in [-0.3, -0.25) is 4.90 Å². The van der Waals surface area contributed by atoms with Gasteiger partial charge in [0.05, 0.1) is 19.3 Å². The zero-order valence-corrected chi connectivity index (χ0v) is 20.8. The Bertz CT molecular complexity index is 1000. The monoisotopic (exact) mass is 495 g/mol. The van der Waals surface area contributed by atoms with Gasteiger partial charge >= 0.3 is 6.09 Å². The Morgan fingerprint density at radius 3 is 2.76 bits per heavy atom. The van der Waals surface area contributed by atoms with Crippen LogP contribution in [0.4, 0.5) is 25.1 Å². The number of halogens is 2. The average molecular weight is 496 g/mol. The Morgan fingerprint density at radius 2 is 2.12 bits per heavy atom. The van der Waals surface area contributed by atoms with E-state index in [4.69, 9.17) is 9.47 Å². The Morgan fingerprint density at radius 1 is 1.35 bits per heavy atom. The van der Waals surface area contributed by atoms with Crippen molar-refractivity contribution in [2.45, 2.75) is 57.0 Å². The summed E-state index contributed by atoms with van der Waals surface area (Å²) in [7, 11) is 1.56. The van der Waals surface area contributed by atoms with E-state index in [-0.39, 0.29) is 6.04 Å². The van der Waals surface area contributed by atoms with Gasteiger partial charge in [0.25, 0.3) is 6.43 Å². The highest BCUT2D eigenvalue weighted by molar-refractivity contribution is 7.98. The lowest BCUT2D eigenvalue weighted by atomic mass is 9.95. The predicted molar refractivity (Wildman–Crippen MR) is 129 cm³/mol. The zero-order valence-electron chi connectivity index (χ0n) is 20.0. The number of nitrogens with one attached hydrogen (secondary N) is 2. The van der Waals surface area contributed by atoms with E-state index in [0.29, 0.717) is 47.5 Å². The number of rotatable bonds is 8. The molecule has 0 saturated heterocycles. The fraction of sp³-hybridized carbons (Fsp3) is 0.522. The van der Waals surface area contributed by atoms with Gasteiger partial charge in [-0.2, -0.15) is 0 Å². The lowest BCUT2D eigenvalue weighted by Crippen LogP contribution is -2.42. The molecule has 0 fully saturated rings. The summed E-state index contributed by atoms with van der Waals surface area (Å²) < 4.78 is 36.7. The number of hydrogen-bond acceptors (Lipinski definition) is 8. The van der Waals surface area contributed by atoms with Crippen LogP contribution in [0.5, 0.6) is 5.75 Å². The van der Waals surface area contributed by atoms with Crippen molar-refractivity contribution in [1.29, 1.82) is 0 Å². The molecule has 1 unspecified atom stereocenters. The molecule has 0 aliphatic carbocycles. The summed E-state index contributed by atoms with van der Waals surface area (Å²) in [6, 6.07) is 5.51. The molecule has 8 nitrogen and oxygen atoms in total. The Kier molecular flexibility index (Phi) is 8.53. The van der Waals surface area contributed by atoms with E-state index >= 15 is 0 Å². The van der Waals surface area contributed by atoms with Crippen molar-refractivity contribution in [3.63, 3.8) is 0 Å². The van der Waals surface area contributed by atoms with Crippen LogP contribution in [-0.2, 0) is 11.3 Å². The number of amides is 1. The van der Waals surface area contributed by atoms with Crippen LogP contribution in [0.25, 0.3) is 0 Å². The normalized spacial score (nSPS) is 15.8. The number of methoxy groups -OCH3 is 1. The van der Waals surface area contributed by atoms with Crippen LogP contribution < -0.4 is 20.3 Å². The maximum absolute atomic E-state index is 12.9. The van der Waals surface area contributed by atoms with Crippen molar-refractivity contribution < 1.29 is 23.0 Å². The minimum Gasteiger partial charge on any atom is -0.495 e. The first-order valence-electron chi connectivity index (χ1n) is 11.0. The maximum atomic E-state index is 12.9. The maximum Gasteiger partial charge on any atom is 0.414 e. The van der Waals surface area contributed by atoms with Crippen LogP contribution in [0.1, 0.15) is 44.4 Å². The molecule has 186 valence electrons. The minimum atomic E-state index is -2.50. The molecule has 1 aromatic heterocycles. The van der Waals surface area contributed by atoms with Crippen molar-refractivity contribution >= 4 is 29.4 Å². The van der Waals surface area contributed by atoms with Crippen LogP contribution in [-0.4, -0.2) is 54.5 Å². The number of carbonyl (C=O) groups is 1. The number of hydrogen-bond donors (Lipinski definition) is 2. The molecule has 34 heavy (non-hydrogen) atoms. The standard InChI is InChI=1S/C23H31F2N5O3S/c1-23(2,3)33-22(31)30-10-9-16(15-7-6-8-17(32-4)19(15)30)26-11-14-12-28-21(34-5)29-20(14)27-13-18(24)25/h6-8,12,16,18,26H,9-11,13H2,1-5H3,(H,27,28,29). The lowest BCUT2D eigenvalue weighted by Gasteiger charge is -2.36. The van der Waals surface area contributed by atoms with Crippen molar-refractivity contribution in [3.05, 3.63) is 35.5 Å². The molecule has 0 radical (unpaired) electrons. The van der Waals surface area contributed by atoms with E-state index in [1.807, 2.05) is 39.2 Å². The molecule has 2 aromatic rings. The van der Waals surface area contributed by atoms with E-state index in [1.165, 1.54) is 11.8 Å². The van der Waals surface area contributed by atoms with Gasteiger partial charge < -0.3 is 20.1 Å². The summed E-state index contributed by atoms with van der Waals surface area (Å²) in [5.41, 5.74) is 1.60. The molecule has 2 N–H and O–H groups in total. The molecule has 1 aromatic carbocycles. The number of alkyl halides is 2. The smallest absolute Gasteiger partial charge is 0.414 e. The molecule has 1 atom stereocenters. The third-order valence-corrected chi connectivity index (χ3v) is 5.70. The number of para-hydroxylation sites is 1. The predicted octanol–water partition coefficient (Wildman–Crippen LogP) is 4.86. The Balaban J connectivity index is 1.84. The second kappa shape index (κ2) is 11.2. The quantitative estimate of drug-likeness (QED) is 0.397. The number of fused-ring (bicyclic) bond motifs is 1. The fourth-order valence-corrected chi connectivity index (χ4v) is 4.03. The van der Waals surface area contributed by atoms with E-state index in [9.17, 15) is 13.6 Å². The Hall–Kier alpha value is -2.66. The third kappa shape index (κ3) is 6.47. The molecule has 1 aliphatic heterocycles. The molecule has 2 heterocycles. The molecule has 0 bridgehead atoms. The summed E-state index contributed by atoms with van der Waals surface area (Å²) >= 11 is 1.34.